The molecule has 144 valence electrons. The third-order valence-corrected chi connectivity index (χ3v) is 4.28. The summed E-state index contributed by atoms with van der Waals surface area (Å²) in [5.74, 6) is 0.907. The van der Waals surface area contributed by atoms with Gasteiger partial charge in [-0.05, 0) is 44.0 Å². The van der Waals surface area contributed by atoms with Crippen molar-refractivity contribution in [2.45, 2.75) is 44.8 Å². The van der Waals surface area contributed by atoms with Crippen LogP contribution >= 0.6 is 0 Å². The van der Waals surface area contributed by atoms with Crippen molar-refractivity contribution in [2.75, 3.05) is 27.2 Å². The Labute approximate surface area is 154 Å². The second-order valence-corrected chi connectivity index (χ2v) is 6.84. The van der Waals surface area contributed by atoms with Crippen LogP contribution in [0.5, 0.6) is 5.75 Å². The Hall–Kier alpha value is -2.31. The molecule has 1 aromatic carbocycles. The summed E-state index contributed by atoms with van der Waals surface area (Å²) in [4.78, 5) is 17.7. The van der Waals surface area contributed by atoms with E-state index in [0.717, 1.165) is 12.8 Å². The van der Waals surface area contributed by atoms with Crippen LogP contribution in [0.2, 0.25) is 0 Å². The van der Waals surface area contributed by atoms with Crippen molar-refractivity contribution in [3.8, 4) is 5.75 Å². The molecule has 0 heterocycles. The molecule has 0 saturated heterocycles. The lowest BCUT2D eigenvalue weighted by atomic mass is 10.2. The average molecular weight is 364 g/mol. The van der Waals surface area contributed by atoms with Gasteiger partial charge in [0.05, 0.1) is 6.54 Å². The third-order valence-electron chi connectivity index (χ3n) is 4.28. The third kappa shape index (κ3) is 6.90. The number of hydrogen-bond acceptors (Lipinski definition) is 3. The van der Waals surface area contributed by atoms with Gasteiger partial charge in [0.15, 0.2) is 5.96 Å². The van der Waals surface area contributed by atoms with Crippen molar-refractivity contribution in [1.29, 1.82) is 0 Å². The summed E-state index contributed by atoms with van der Waals surface area (Å²) < 4.78 is 18.7. The molecule has 1 saturated carbocycles. The normalized spacial score (nSPS) is 16.2. The van der Waals surface area contributed by atoms with Crippen molar-refractivity contribution in [2.24, 2.45) is 4.99 Å². The lowest BCUT2D eigenvalue weighted by Crippen LogP contribution is -2.46. The van der Waals surface area contributed by atoms with Crippen LogP contribution in [0.4, 0.5) is 4.39 Å². The highest BCUT2D eigenvalue weighted by atomic mass is 19.1. The monoisotopic (exact) mass is 364 g/mol. The van der Waals surface area contributed by atoms with E-state index < -0.39 is 0 Å². The van der Waals surface area contributed by atoms with Crippen LogP contribution in [0.15, 0.2) is 29.3 Å². The van der Waals surface area contributed by atoms with E-state index >= 15 is 0 Å². The van der Waals surface area contributed by atoms with E-state index in [1.807, 2.05) is 6.92 Å². The molecule has 6 nitrogen and oxygen atoms in total. The lowest BCUT2D eigenvalue weighted by Gasteiger charge is -2.20. The van der Waals surface area contributed by atoms with Gasteiger partial charge >= 0.3 is 0 Å². The van der Waals surface area contributed by atoms with Gasteiger partial charge in [0.1, 0.15) is 24.2 Å². The SMILES string of the molecule is CC(CNC(=NCC(=O)N(C)C)NC1CCCC1)Oc1ccc(F)cc1. The first-order valence-electron chi connectivity index (χ1n) is 9.11. The van der Waals surface area contributed by atoms with Crippen molar-refractivity contribution in [3.63, 3.8) is 0 Å². The largest absolute Gasteiger partial charge is 0.489 e. The quantitative estimate of drug-likeness (QED) is 0.575. The van der Waals surface area contributed by atoms with Crippen LogP contribution in [-0.2, 0) is 4.79 Å². The molecule has 1 aromatic rings. The van der Waals surface area contributed by atoms with E-state index in [2.05, 4.69) is 15.6 Å². The Balaban J connectivity index is 1.88. The summed E-state index contributed by atoms with van der Waals surface area (Å²) in [7, 11) is 3.43. The van der Waals surface area contributed by atoms with Crippen LogP contribution in [0.25, 0.3) is 0 Å². The Morgan fingerprint density at radius 3 is 2.58 bits per heavy atom. The number of rotatable bonds is 7. The number of amides is 1. The Bertz CT molecular complexity index is 598. The molecule has 1 unspecified atom stereocenters. The predicted octanol–water partition coefficient (Wildman–Crippen LogP) is 2.16. The number of likely N-dealkylation sites (N-methyl/N-ethyl adjacent to an activating group) is 1. The smallest absolute Gasteiger partial charge is 0.243 e. The molecule has 2 rings (SSSR count). The first-order chi connectivity index (χ1) is 12.4. The van der Waals surface area contributed by atoms with Gasteiger partial charge < -0.3 is 20.3 Å². The van der Waals surface area contributed by atoms with E-state index in [4.69, 9.17) is 4.74 Å². The molecule has 0 spiro atoms. The minimum Gasteiger partial charge on any atom is -0.489 e. The molecule has 1 atom stereocenters. The highest BCUT2D eigenvalue weighted by molar-refractivity contribution is 5.84. The van der Waals surface area contributed by atoms with Crippen LogP contribution < -0.4 is 15.4 Å². The number of aliphatic imine (C=N–C) groups is 1. The number of carbonyl (C=O) groups excluding carboxylic acids is 1. The van der Waals surface area contributed by atoms with Crippen LogP contribution in [-0.4, -0.2) is 56.1 Å². The molecule has 26 heavy (non-hydrogen) atoms. The maximum absolute atomic E-state index is 13.0. The number of halogens is 1. The summed E-state index contributed by atoms with van der Waals surface area (Å²) in [6, 6.07) is 6.35. The number of hydrogen-bond donors (Lipinski definition) is 2. The molecule has 1 aliphatic rings. The molecule has 7 heteroatoms. The molecule has 1 aliphatic carbocycles. The van der Waals surface area contributed by atoms with Gasteiger partial charge in [-0.1, -0.05) is 12.8 Å². The maximum Gasteiger partial charge on any atom is 0.243 e. The van der Waals surface area contributed by atoms with Crippen molar-refractivity contribution in [1.82, 2.24) is 15.5 Å². The summed E-state index contributed by atoms with van der Waals surface area (Å²) >= 11 is 0. The molecular weight excluding hydrogens is 335 g/mol. The number of nitrogens with zero attached hydrogens (tertiary/aromatic N) is 2. The number of guanidine groups is 1. The van der Waals surface area contributed by atoms with Crippen LogP contribution in [0.3, 0.4) is 0 Å². The Morgan fingerprint density at radius 1 is 1.31 bits per heavy atom. The molecule has 1 fully saturated rings. The fourth-order valence-electron chi connectivity index (χ4n) is 2.73. The average Bonchev–Trinajstić information content (AvgIpc) is 3.12. The summed E-state index contributed by atoms with van der Waals surface area (Å²) in [6.07, 6.45) is 4.52. The minimum absolute atomic E-state index is 0.0480. The van der Waals surface area contributed by atoms with Gasteiger partial charge in [-0.3, -0.25) is 4.79 Å². The molecule has 0 aliphatic heterocycles. The fourth-order valence-corrected chi connectivity index (χ4v) is 2.73. The van der Waals surface area contributed by atoms with Crippen LogP contribution in [0.1, 0.15) is 32.6 Å². The van der Waals surface area contributed by atoms with E-state index in [1.165, 1.54) is 29.9 Å². The minimum atomic E-state index is -0.288. The molecule has 0 bridgehead atoms. The molecule has 1 amide bonds. The Morgan fingerprint density at radius 2 is 1.96 bits per heavy atom. The number of benzene rings is 1. The molecule has 0 aromatic heterocycles. The number of nitrogens with one attached hydrogen (secondary N) is 2. The summed E-state index contributed by atoms with van der Waals surface area (Å²) in [6.45, 7) is 2.54. The van der Waals surface area contributed by atoms with Gasteiger partial charge in [0.25, 0.3) is 0 Å². The molecule has 2 N–H and O–H groups in total. The Kier molecular flexibility index (Phi) is 7.69. The zero-order valence-electron chi connectivity index (χ0n) is 15.8. The van der Waals surface area contributed by atoms with E-state index in [9.17, 15) is 9.18 Å². The number of ether oxygens (including phenoxy) is 1. The van der Waals surface area contributed by atoms with E-state index in [1.54, 1.807) is 26.2 Å². The molecular formula is C19H29FN4O2. The van der Waals surface area contributed by atoms with Crippen molar-refractivity contribution in [3.05, 3.63) is 30.1 Å². The fraction of sp³-hybridized carbons (Fsp3) is 0.579. The first-order valence-corrected chi connectivity index (χ1v) is 9.11. The highest BCUT2D eigenvalue weighted by Crippen LogP contribution is 2.17. The van der Waals surface area contributed by atoms with E-state index in [0.29, 0.717) is 24.3 Å². The van der Waals surface area contributed by atoms with Gasteiger partial charge in [0.2, 0.25) is 5.91 Å². The van der Waals surface area contributed by atoms with Gasteiger partial charge in [-0.15, -0.1) is 0 Å². The maximum atomic E-state index is 13.0. The summed E-state index contributed by atoms with van der Waals surface area (Å²) in [5, 5.41) is 6.64. The predicted molar refractivity (Wildman–Crippen MR) is 101 cm³/mol. The van der Waals surface area contributed by atoms with Crippen molar-refractivity contribution < 1.29 is 13.9 Å². The standard InChI is InChI=1S/C19H29FN4O2/c1-14(26-17-10-8-15(20)9-11-17)12-21-19(22-13-18(25)24(2)3)23-16-6-4-5-7-16/h8-11,14,16H,4-7,12-13H2,1-3H3,(H2,21,22,23). The first kappa shape index (κ1) is 20.0. The molecule has 0 radical (unpaired) electrons. The topological polar surface area (TPSA) is 66.0 Å². The lowest BCUT2D eigenvalue weighted by molar-refractivity contribution is -0.127. The zero-order chi connectivity index (χ0) is 18.9. The van der Waals surface area contributed by atoms with Gasteiger partial charge in [-0.2, -0.15) is 0 Å². The zero-order valence-corrected chi connectivity index (χ0v) is 15.8. The summed E-state index contributed by atoms with van der Waals surface area (Å²) in [5.41, 5.74) is 0. The van der Waals surface area contributed by atoms with Crippen molar-refractivity contribution >= 4 is 11.9 Å². The second kappa shape index (κ2) is 9.99. The van der Waals surface area contributed by atoms with Crippen LogP contribution in [0, 0.1) is 5.82 Å². The van der Waals surface area contributed by atoms with Gasteiger partial charge in [0, 0.05) is 20.1 Å². The second-order valence-electron chi connectivity index (χ2n) is 6.84. The number of carbonyl (C=O) groups is 1. The van der Waals surface area contributed by atoms with Gasteiger partial charge in [-0.25, -0.2) is 9.38 Å². The highest BCUT2D eigenvalue weighted by Gasteiger charge is 2.17. The van der Waals surface area contributed by atoms with E-state index in [-0.39, 0.29) is 24.4 Å².